The van der Waals surface area contributed by atoms with Gasteiger partial charge in [0.25, 0.3) is 0 Å². The number of carbonyl (C=O) groups excluding carboxylic acids is 1. The van der Waals surface area contributed by atoms with Crippen molar-refractivity contribution in [3.63, 3.8) is 0 Å². The Hall–Kier alpha value is -3.86. The van der Waals surface area contributed by atoms with Gasteiger partial charge >= 0.3 is 5.97 Å². The van der Waals surface area contributed by atoms with Gasteiger partial charge in [-0.05, 0) is 44.9 Å². The molecule has 0 saturated carbocycles. The normalized spacial score (nSPS) is 14.5. The van der Waals surface area contributed by atoms with Crippen molar-refractivity contribution in [2.24, 2.45) is 0 Å². The van der Waals surface area contributed by atoms with Crippen molar-refractivity contribution in [1.29, 1.82) is 0 Å². The van der Waals surface area contributed by atoms with Crippen molar-refractivity contribution >= 4 is 27.8 Å². The second kappa shape index (κ2) is 8.37. The van der Waals surface area contributed by atoms with Crippen molar-refractivity contribution in [3.8, 4) is 0 Å². The summed E-state index contributed by atoms with van der Waals surface area (Å²) >= 11 is 0. The van der Waals surface area contributed by atoms with Crippen LogP contribution in [0.15, 0.2) is 66.9 Å². The summed E-state index contributed by atoms with van der Waals surface area (Å²) in [6, 6.07) is 20.9. The standard InChI is InChI=1S/C31H31N3O2/c1-5-18-33-20(3)27(22-12-7-9-15-25(22)33)31(24-14-11-17-32-29(24)30(35)36-31)28-21(4)34(19-6-2)26-16-10-8-13-23(26)28/h7-17H,5-6,18-19H2,1-4H3. The molecular weight excluding hydrogens is 446 g/mol. The molecule has 2 aromatic carbocycles. The molecule has 6 rings (SSSR count). The van der Waals surface area contributed by atoms with Crippen molar-refractivity contribution in [2.75, 3.05) is 0 Å². The molecule has 0 radical (unpaired) electrons. The molecule has 182 valence electrons. The third-order valence-electron chi connectivity index (χ3n) is 7.69. The fraction of sp³-hybridized carbons (Fsp3) is 0.290. The lowest BCUT2D eigenvalue weighted by molar-refractivity contribution is 0.0253. The first-order chi connectivity index (χ1) is 17.5. The zero-order chi connectivity index (χ0) is 25.0. The van der Waals surface area contributed by atoms with Gasteiger partial charge in [0.1, 0.15) is 0 Å². The van der Waals surface area contributed by atoms with Crippen LogP contribution in [0.1, 0.15) is 65.3 Å². The largest absolute Gasteiger partial charge is 0.439 e. The number of nitrogens with zero attached hydrogens (tertiary/aromatic N) is 3. The summed E-state index contributed by atoms with van der Waals surface area (Å²) in [6.07, 6.45) is 3.70. The third-order valence-corrected chi connectivity index (χ3v) is 7.69. The third kappa shape index (κ3) is 2.89. The van der Waals surface area contributed by atoms with E-state index in [-0.39, 0.29) is 5.97 Å². The monoisotopic (exact) mass is 477 g/mol. The lowest BCUT2D eigenvalue weighted by Gasteiger charge is -2.31. The van der Waals surface area contributed by atoms with Gasteiger partial charge in [0.05, 0.1) is 0 Å². The average Bonchev–Trinajstić information content (AvgIpc) is 3.46. The summed E-state index contributed by atoms with van der Waals surface area (Å²) in [4.78, 5) is 18.0. The number of hydrogen-bond donors (Lipinski definition) is 0. The molecule has 4 heterocycles. The van der Waals surface area contributed by atoms with E-state index in [0.717, 1.165) is 75.8 Å². The number of rotatable bonds is 6. The number of aromatic nitrogens is 3. The Morgan fingerprint density at radius 2 is 1.31 bits per heavy atom. The Labute approximate surface area is 211 Å². The van der Waals surface area contributed by atoms with Crippen molar-refractivity contribution in [3.05, 3.63) is 101 Å². The number of fused-ring (bicyclic) bond motifs is 3. The molecule has 1 aliphatic rings. The molecule has 3 aromatic heterocycles. The van der Waals surface area contributed by atoms with Crippen molar-refractivity contribution in [1.82, 2.24) is 14.1 Å². The van der Waals surface area contributed by atoms with E-state index in [1.54, 1.807) is 6.20 Å². The molecule has 5 heteroatoms. The Bertz CT molecular complexity index is 1550. The first-order valence-electron chi connectivity index (χ1n) is 12.9. The van der Waals surface area contributed by atoms with E-state index in [0.29, 0.717) is 5.69 Å². The number of hydrogen-bond acceptors (Lipinski definition) is 3. The number of pyridine rings is 1. The molecule has 0 saturated heterocycles. The average molecular weight is 478 g/mol. The van der Waals surface area contributed by atoms with Gasteiger partial charge in [-0.15, -0.1) is 0 Å². The van der Waals surface area contributed by atoms with Gasteiger partial charge in [0, 0.05) is 69.2 Å². The summed E-state index contributed by atoms with van der Waals surface area (Å²) in [5, 5.41) is 2.22. The molecule has 0 amide bonds. The molecule has 0 N–H and O–H groups in total. The predicted molar refractivity (Wildman–Crippen MR) is 143 cm³/mol. The van der Waals surface area contributed by atoms with Gasteiger partial charge in [-0.2, -0.15) is 0 Å². The van der Waals surface area contributed by atoms with Crippen LogP contribution in [0.4, 0.5) is 0 Å². The predicted octanol–water partition coefficient (Wildman–Crippen LogP) is 6.89. The number of aryl methyl sites for hydroxylation is 2. The highest BCUT2D eigenvalue weighted by atomic mass is 16.6. The van der Waals surface area contributed by atoms with Crippen LogP contribution in [0, 0.1) is 13.8 Å². The van der Waals surface area contributed by atoms with Crippen LogP contribution in [0.25, 0.3) is 21.8 Å². The maximum absolute atomic E-state index is 13.5. The molecule has 0 fully saturated rings. The Balaban J connectivity index is 1.83. The minimum Gasteiger partial charge on any atom is -0.439 e. The van der Waals surface area contributed by atoms with E-state index in [1.165, 1.54) is 0 Å². The second-order valence-corrected chi connectivity index (χ2v) is 9.73. The Kier molecular flexibility index (Phi) is 5.25. The van der Waals surface area contributed by atoms with Gasteiger partial charge in [-0.25, -0.2) is 9.78 Å². The van der Waals surface area contributed by atoms with Crippen molar-refractivity contribution in [2.45, 2.75) is 59.2 Å². The maximum Gasteiger partial charge on any atom is 0.358 e. The number of ether oxygens (including phenoxy) is 1. The van der Waals surface area contributed by atoms with E-state index in [9.17, 15) is 4.79 Å². The number of para-hydroxylation sites is 2. The van der Waals surface area contributed by atoms with E-state index >= 15 is 0 Å². The highest BCUT2D eigenvalue weighted by Crippen LogP contribution is 2.53. The molecule has 5 aromatic rings. The minimum absolute atomic E-state index is 0.371. The number of esters is 1. The van der Waals surface area contributed by atoms with E-state index in [2.05, 4.69) is 90.3 Å². The van der Waals surface area contributed by atoms with Crippen LogP contribution in [-0.4, -0.2) is 20.1 Å². The van der Waals surface area contributed by atoms with E-state index < -0.39 is 5.60 Å². The van der Waals surface area contributed by atoms with Gasteiger partial charge in [-0.1, -0.05) is 56.3 Å². The van der Waals surface area contributed by atoms with E-state index in [4.69, 9.17) is 4.74 Å². The summed E-state index contributed by atoms with van der Waals surface area (Å²) in [5.41, 5.74) is 6.76. The highest BCUT2D eigenvalue weighted by molar-refractivity contribution is 6.00. The van der Waals surface area contributed by atoms with Crippen LogP contribution in [-0.2, 0) is 23.4 Å². The fourth-order valence-electron chi connectivity index (χ4n) is 6.37. The molecule has 0 spiro atoms. The summed E-state index contributed by atoms with van der Waals surface area (Å²) in [7, 11) is 0. The molecule has 0 atom stereocenters. The van der Waals surface area contributed by atoms with Gasteiger partial charge in [-0.3, -0.25) is 0 Å². The van der Waals surface area contributed by atoms with Crippen LogP contribution in [0.5, 0.6) is 0 Å². The fourth-order valence-corrected chi connectivity index (χ4v) is 6.37. The zero-order valence-electron chi connectivity index (χ0n) is 21.3. The molecule has 1 aliphatic heterocycles. The maximum atomic E-state index is 13.5. The van der Waals surface area contributed by atoms with Crippen LogP contribution >= 0.6 is 0 Å². The SMILES string of the molecule is CCCn1c(C)c(C2(c3c(C)n(CCC)c4ccccc34)OC(=O)c3ncccc32)c2ccccc21. The first kappa shape index (κ1) is 22.6. The second-order valence-electron chi connectivity index (χ2n) is 9.73. The van der Waals surface area contributed by atoms with Crippen LogP contribution in [0.2, 0.25) is 0 Å². The topological polar surface area (TPSA) is 49.0 Å². The zero-order valence-corrected chi connectivity index (χ0v) is 21.3. The van der Waals surface area contributed by atoms with Gasteiger partial charge in [0.15, 0.2) is 11.3 Å². The summed E-state index contributed by atoms with van der Waals surface area (Å²) in [5.74, 6) is -0.371. The van der Waals surface area contributed by atoms with Crippen molar-refractivity contribution < 1.29 is 9.53 Å². The van der Waals surface area contributed by atoms with Crippen LogP contribution < -0.4 is 0 Å². The van der Waals surface area contributed by atoms with E-state index in [1.807, 2.05) is 12.1 Å². The van der Waals surface area contributed by atoms with Gasteiger partial charge in [0.2, 0.25) is 0 Å². The van der Waals surface area contributed by atoms with Crippen LogP contribution in [0.3, 0.4) is 0 Å². The molecule has 0 aliphatic carbocycles. The lowest BCUT2D eigenvalue weighted by Crippen LogP contribution is -2.31. The summed E-state index contributed by atoms with van der Waals surface area (Å²) in [6.45, 7) is 10.5. The molecule has 5 nitrogen and oxygen atoms in total. The number of cyclic esters (lactones) is 1. The first-order valence-corrected chi connectivity index (χ1v) is 12.9. The molecule has 36 heavy (non-hydrogen) atoms. The minimum atomic E-state index is -1.09. The molecular formula is C31H31N3O2. The number of carbonyl (C=O) groups is 1. The van der Waals surface area contributed by atoms with Gasteiger partial charge < -0.3 is 13.9 Å². The Morgan fingerprint density at radius 3 is 1.83 bits per heavy atom. The quantitative estimate of drug-likeness (QED) is 0.250. The number of benzene rings is 2. The molecule has 0 unspecified atom stereocenters. The smallest absolute Gasteiger partial charge is 0.358 e. The lowest BCUT2D eigenvalue weighted by atomic mass is 9.78. The highest BCUT2D eigenvalue weighted by Gasteiger charge is 2.54. The molecule has 0 bridgehead atoms. The Morgan fingerprint density at radius 1 is 0.778 bits per heavy atom. The summed E-state index contributed by atoms with van der Waals surface area (Å²) < 4.78 is 11.4.